The van der Waals surface area contributed by atoms with Crippen LogP contribution in [0.5, 0.6) is 0 Å². The maximum Gasteiger partial charge on any atom is 0.182 e. The topological polar surface area (TPSA) is 117 Å². The van der Waals surface area contributed by atoms with E-state index in [1.165, 1.54) is 10.9 Å². The molecule has 0 aliphatic rings. The van der Waals surface area contributed by atoms with Gasteiger partial charge in [0.25, 0.3) is 0 Å². The maximum absolute atomic E-state index is 9.13. The van der Waals surface area contributed by atoms with Gasteiger partial charge in [-0.1, -0.05) is 12.1 Å². The van der Waals surface area contributed by atoms with Gasteiger partial charge in [0.1, 0.15) is 18.5 Å². The second-order valence-electron chi connectivity index (χ2n) is 3.96. The van der Waals surface area contributed by atoms with Crippen LogP contribution < -0.4 is 5.73 Å². The summed E-state index contributed by atoms with van der Waals surface area (Å²) >= 11 is 0. The molecule has 0 aliphatic heterocycles. The maximum atomic E-state index is 9.13. The number of para-hydroxylation sites is 2. The van der Waals surface area contributed by atoms with Gasteiger partial charge in [-0.3, -0.25) is 4.57 Å². The Morgan fingerprint density at radius 2 is 1.75 bits per heavy atom. The predicted molar refractivity (Wildman–Crippen MR) is 70.5 cm³/mol. The SMILES string of the molecule is N#Cc1ncn(-c2nc3ccccc3nc2N)c1C#N. The lowest BCUT2D eigenvalue weighted by Crippen LogP contribution is -2.06. The molecule has 2 heterocycles. The first-order valence-corrected chi connectivity index (χ1v) is 5.64. The minimum atomic E-state index is 0.0295. The molecular formula is C13H7N7. The Morgan fingerprint density at radius 1 is 1.05 bits per heavy atom. The number of aromatic nitrogens is 4. The van der Waals surface area contributed by atoms with Crippen molar-refractivity contribution in [3.05, 3.63) is 42.0 Å². The summed E-state index contributed by atoms with van der Waals surface area (Å²) in [5, 5.41) is 18.0. The number of imidazole rings is 1. The highest BCUT2D eigenvalue weighted by Gasteiger charge is 2.15. The van der Waals surface area contributed by atoms with Crippen LogP contribution in [0.3, 0.4) is 0 Å². The van der Waals surface area contributed by atoms with Gasteiger partial charge in [0.15, 0.2) is 23.0 Å². The predicted octanol–water partition coefficient (Wildman–Crippen LogP) is 1.14. The highest BCUT2D eigenvalue weighted by molar-refractivity contribution is 5.77. The molecule has 0 spiro atoms. The van der Waals surface area contributed by atoms with Crippen LogP contribution in [0.15, 0.2) is 30.6 Å². The molecule has 3 aromatic rings. The second kappa shape index (κ2) is 4.34. The molecule has 0 saturated heterocycles. The molecule has 1 aromatic carbocycles. The number of hydrogen-bond acceptors (Lipinski definition) is 6. The summed E-state index contributed by atoms with van der Waals surface area (Å²) in [5.41, 5.74) is 7.30. The van der Waals surface area contributed by atoms with E-state index in [2.05, 4.69) is 15.0 Å². The molecule has 0 atom stereocenters. The first-order chi connectivity index (χ1) is 9.74. The van der Waals surface area contributed by atoms with Crippen molar-refractivity contribution in [3.8, 4) is 18.0 Å². The Balaban J connectivity index is 2.30. The van der Waals surface area contributed by atoms with Crippen molar-refractivity contribution in [2.45, 2.75) is 0 Å². The summed E-state index contributed by atoms with van der Waals surface area (Å²) in [6.07, 6.45) is 1.34. The van der Waals surface area contributed by atoms with Crippen molar-refractivity contribution < 1.29 is 0 Å². The molecule has 7 heteroatoms. The quantitative estimate of drug-likeness (QED) is 0.701. The molecular weight excluding hydrogens is 254 g/mol. The van der Waals surface area contributed by atoms with Gasteiger partial charge in [-0.2, -0.15) is 10.5 Å². The first kappa shape index (κ1) is 11.6. The van der Waals surface area contributed by atoms with Gasteiger partial charge in [-0.05, 0) is 12.1 Å². The van der Waals surface area contributed by atoms with Gasteiger partial charge in [-0.25, -0.2) is 15.0 Å². The third kappa shape index (κ3) is 1.62. The molecule has 0 radical (unpaired) electrons. The molecule has 2 N–H and O–H groups in total. The molecule has 0 unspecified atom stereocenters. The van der Waals surface area contributed by atoms with Crippen molar-refractivity contribution in [1.29, 1.82) is 10.5 Å². The van der Waals surface area contributed by atoms with Gasteiger partial charge in [-0.15, -0.1) is 0 Å². The summed E-state index contributed by atoms with van der Waals surface area (Å²) in [5.74, 6) is 0.455. The number of nitriles is 2. The van der Waals surface area contributed by atoms with Gasteiger partial charge in [0.05, 0.1) is 11.0 Å². The molecule has 3 rings (SSSR count). The average Bonchev–Trinajstić information content (AvgIpc) is 2.89. The van der Waals surface area contributed by atoms with E-state index in [1.807, 2.05) is 24.3 Å². The van der Waals surface area contributed by atoms with Crippen molar-refractivity contribution >= 4 is 16.9 Å². The van der Waals surface area contributed by atoms with E-state index < -0.39 is 0 Å². The summed E-state index contributed by atoms with van der Waals surface area (Å²) < 4.78 is 1.37. The van der Waals surface area contributed by atoms with Crippen LogP contribution in [0, 0.1) is 22.7 Å². The Morgan fingerprint density at radius 3 is 2.40 bits per heavy atom. The summed E-state index contributed by atoms with van der Waals surface area (Å²) in [6, 6.07) is 11.0. The fraction of sp³-hybridized carbons (Fsp3) is 0. The van der Waals surface area contributed by atoms with Crippen LogP contribution in [0.25, 0.3) is 16.9 Å². The number of benzene rings is 1. The van der Waals surface area contributed by atoms with E-state index in [0.717, 1.165) is 0 Å². The molecule has 0 amide bonds. The van der Waals surface area contributed by atoms with E-state index in [4.69, 9.17) is 16.3 Å². The Kier molecular flexibility index (Phi) is 2.52. The van der Waals surface area contributed by atoms with Gasteiger partial charge < -0.3 is 5.73 Å². The Labute approximate surface area is 113 Å². The fourth-order valence-corrected chi connectivity index (χ4v) is 1.88. The summed E-state index contributed by atoms with van der Waals surface area (Å²) in [4.78, 5) is 12.5. The molecule has 94 valence electrons. The Hall–Kier alpha value is -3.45. The lowest BCUT2D eigenvalue weighted by molar-refractivity contribution is 0.979. The number of hydrogen-bond donors (Lipinski definition) is 1. The number of fused-ring (bicyclic) bond motifs is 1. The van der Waals surface area contributed by atoms with Gasteiger partial charge >= 0.3 is 0 Å². The number of nitrogens with zero attached hydrogens (tertiary/aromatic N) is 6. The molecule has 20 heavy (non-hydrogen) atoms. The largest absolute Gasteiger partial charge is 0.381 e. The first-order valence-electron chi connectivity index (χ1n) is 5.64. The summed E-state index contributed by atoms with van der Waals surface area (Å²) in [7, 11) is 0. The van der Waals surface area contributed by atoms with Gasteiger partial charge in [0, 0.05) is 0 Å². The van der Waals surface area contributed by atoms with Crippen molar-refractivity contribution in [1.82, 2.24) is 19.5 Å². The smallest absolute Gasteiger partial charge is 0.182 e. The molecule has 0 aliphatic carbocycles. The van der Waals surface area contributed by atoms with E-state index in [0.29, 0.717) is 11.0 Å². The van der Waals surface area contributed by atoms with Crippen LogP contribution in [-0.2, 0) is 0 Å². The van der Waals surface area contributed by atoms with Crippen molar-refractivity contribution in [3.63, 3.8) is 0 Å². The van der Waals surface area contributed by atoms with Crippen LogP contribution in [0.2, 0.25) is 0 Å². The normalized spacial score (nSPS) is 10.1. The van der Waals surface area contributed by atoms with E-state index in [1.54, 1.807) is 12.1 Å². The molecule has 0 bridgehead atoms. The highest BCUT2D eigenvalue weighted by Crippen LogP contribution is 2.20. The average molecular weight is 261 g/mol. The van der Waals surface area contributed by atoms with Gasteiger partial charge in [0.2, 0.25) is 0 Å². The minimum Gasteiger partial charge on any atom is -0.381 e. The monoisotopic (exact) mass is 261 g/mol. The third-order valence-electron chi connectivity index (χ3n) is 2.79. The van der Waals surface area contributed by atoms with Crippen molar-refractivity contribution in [2.75, 3.05) is 5.73 Å². The van der Waals surface area contributed by atoms with Crippen LogP contribution in [0.4, 0.5) is 5.82 Å². The van der Waals surface area contributed by atoms with Crippen LogP contribution in [-0.4, -0.2) is 19.5 Å². The zero-order chi connectivity index (χ0) is 14.1. The Bertz CT molecular complexity index is 895. The number of nitrogen functional groups attached to an aromatic ring is 1. The zero-order valence-corrected chi connectivity index (χ0v) is 10.1. The minimum absolute atomic E-state index is 0.0295. The number of anilines is 1. The third-order valence-corrected chi connectivity index (χ3v) is 2.79. The van der Waals surface area contributed by atoms with Crippen LogP contribution in [0.1, 0.15) is 11.4 Å². The lowest BCUT2D eigenvalue weighted by Gasteiger charge is -2.07. The molecule has 0 fully saturated rings. The van der Waals surface area contributed by atoms with E-state index in [9.17, 15) is 0 Å². The molecule has 2 aromatic heterocycles. The molecule has 0 saturated carbocycles. The second-order valence-corrected chi connectivity index (χ2v) is 3.96. The standard InChI is InChI=1S/C13H7N7/c14-5-10-11(6-15)20(7-17-10)13-12(16)18-8-3-1-2-4-9(8)19-13/h1-4,7H,(H2,16,18). The van der Waals surface area contributed by atoms with E-state index >= 15 is 0 Å². The van der Waals surface area contributed by atoms with Crippen LogP contribution >= 0.6 is 0 Å². The number of rotatable bonds is 1. The number of nitrogens with two attached hydrogens (primary N) is 1. The zero-order valence-electron chi connectivity index (χ0n) is 10.1. The van der Waals surface area contributed by atoms with Crippen molar-refractivity contribution in [2.24, 2.45) is 0 Å². The summed E-state index contributed by atoms with van der Waals surface area (Å²) in [6.45, 7) is 0. The molecule has 7 nitrogen and oxygen atoms in total. The lowest BCUT2D eigenvalue weighted by atomic mass is 10.3. The van der Waals surface area contributed by atoms with E-state index in [-0.39, 0.29) is 23.0 Å². The fourth-order valence-electron chi connectivity index (χ4n) is 1.88. The highest BCUT2D eigenvalue weighted by atomic mass is 15.2.